The van der Waals surface area contributed by atoms with Crippen molar-refractivity contribution in [3.05, 3.63) is 59.5 Å². The van der Waals surface area contributed by atoms with Crippen LogP contribution in [0.4, 0.5) is 0 Å². The van der Waals surface area contributed by atoms with Crippen molar-refractivity contribution >= 4 is 5.91 Å². The molecule has 106 valence electrons. The van der Waals surface area contributed by atoms with Gasteiger partial charge in [-0.2, -0.15) is 0 Å². The van der Waals surface area contributed by atoms with Crippen LogP contribution in [0.1, 0.15) is 41.1 Å². The standard InChI is InChI=1S/C16H19NO3/c1-11-8-9-20-15(11)16(19)17-12(2)10-14(18)13-6-4-3-5-7-13/h3-9,12,14,18H,10H2,1-2H3,(H,17,19). The summed E-state index contributed by atoms with van der Waals surface area (Å²) >= 11 is 0. The molecule has 0 spiro atoms. The Morgan fingerprint density at radius 3 is 2.60 bits per heavy atom. The highest BCUT2D eigenvalue weighted by Crippen LogP contribution is 2.18. The molecule has 20 heavy (non-hydrogen) atoms. The maximum absolute atomic E-state index is 12.0. The Balaban J connectivity index is 1.91. The topological polar surface area (TPSA) is 62.5 Å². The summed E-state index contributed by atoms with van der Waals surface area (Å²) in [6, 6.07) is 11.0. The fraction of sp³-hybridized carbons (Fsp3) is 0.312. The van der Waals surface area contributed by atoms with E-state index in [1.807, 2.05) is 44.2 Å². The van der Waals surface area contributed by atoms with Crippen LogP contribution in [0.25, 0.3) is 0 Å². The van der Waals surface area contributed by atoms with E-state index in [1.54, 1.807) is 6.07 Å². The number of hydrogen-bond acceptors (Lipinski definition) is 3. The maximum Gasteiger partial charge on any atom is 0.287 e. The van der Waals surface area contributed by atoms with E-state index in [9.17, 15) is 9.90 Å². The molecule has 0 saturated heterocycles. The molecular formula is C16H19NO3. The van der Waals surface area contributed by atoms with Crippen LogP contribution in [0.3, 0.4) is 0 Å². The Morgan fingerprint density at radius 1 is 1.30 bits per heavy atom. The predicted octanol–water partition coefficient (Wildman–Crippen LogP) is 2.83. The van der Waals surface area contributed by atoms with Gasteiger partial charge in [-0.25, -0.2) is 0 Å². The lowest BCUT2D eigenvalue weighted by Crippen LogP contribution is -2.33. The molecule has 0 bridgehead atoms. The number of aliphatic hydroxyl groups is 1. The van der Waals surface area contributed by atoms with Gasteiger partial charge in [-0.05, 0) is 31.9 Å². The minimum atomic E-state index is -0.593. The maximum atomic E-state index is 12.0. The number of furan rings is 1. The van der Waals surface area contributed by atoms with E-state index in [0.29, 0.717) is 12.2 Å². The number of aryl methyl sites for hydroxylation is 1. The second-order valence-corrected chi connectivity index (χ2v) is 4.97. The first-order valence-corrected chi connectivity index (χ1v) is 6.66. The van der Waals surface area contributed by atoms with E-state index in [1.165, 1.54) is 6.26 Å². The fourth-order valence-corrected chi connectivity index (χ4v) is 2.10. The van der Waals surface area contributed by atoms with Crippen LogP contribution in [-0.2, 0) is 0 Å². The van der Waals surface area contributed by atoms with Gasteiger partial charge in [0.25, 0.3) is 5.91 Å². The summed E-state index contributed by atoms with van der Waals surface area (Å²) in [5, 5.41) is 12.9. The predicted molar refractivity (Wildman–Crippen MR) is 76.4 cm³/mol. The first-order chi connectivity index (χ1) is 9.58. The molecule has 2 rings (SSSR count). The molecule has 4 heteroatoms. The average molecular weight is 273 g/mol. The van der Waals surface area contributed by atoms with Gasteiger partial charge in [0.15, 0.2) is 5.76 Å². The molecule has 2 atom stereocenters. The molecule has 4 nitrogen and oxygen atoms in total. The molecule has 2 aromatic rings. The number of carbonyl (C=O) groups is 1. The van der Waals surface area contributed by atoms with Crippen LogP contribution < -0.4 is 5.32 Å². The van der Waals surface area contributed by atoms with E-state index in [2.05, 4.69) is 5.32 Å². The highest BCUT2D eigenvalue weighted by molar-refractivity contribution is 5.92. The molecule has 1 aromatic heterocycles. The van der Waals surface area contributed by atoms with Gasteiger partial charge in [0.2, 0.25) is 0 Å². The van der Waals surface area contributed by atoms with Gasteiger partial charge in [0.05, 0.1) is 12.4 Å². The molecule has 2 unspecified atom stereocenters. The molecule has 2 N–H and O–H groups in total. The Morgan fingerprint density at radius 2 is 2.00 bits per heavy atom. The van der Waals surface area contributed by atoms with E-state index in [0.717, 1.165) is 11.1 Å². The molecule has 0 aliphatic heterocycles. The highest BCUT2D eigenvalue weighted by atomic mass is 16.3. The zero-order chi connectivity index (χ0) is 14.5. The third-order valence-corrected chi connectivity index (χ3v) is 3.21. The molecule has 0 aliphatic carbocycles. The molecule has 0 aliphatic rings. The summed E-state index contributed by atoms with van der Waals surface area (Å²) in [7, 11) is 0. The van der Waals surface area contributed by atoms with Crippen molar-refractivity contribution in [1.29, 1.82) is 0 Å². The van der Waals surface area contributed by atoms with Crippen LogP contribution in [0.2, 0.25) is 0 Å². The number of hydrogen-bond donors (Lipinski definition) is 2. The Kier molecular flexibility index (Phi) is 4.58. The third-order valence-electron chi connectivity index (χ3n) is 3.21. The molecule has 0 radical (unpaired) electrons. The number of benzene rings is 1. The minimum absolute atomic E-state index is 0.151. The molecule has 1 amide bonds. The lowest BCUT2D eigenvalue weighted by Gasteiger charge is -2.17. The van der Waals surface area contributed by atoms with Crippen molar-refractivity contribution in [2.24, 2.45) is 0 Å². The van der Waals surface area contributed by atoms with Crippen molar-refractivity contribution in [1.82, 2.24) is 5.32 Å². The Hall–Kier alpha value is -2.07. The summed E-state index contributed by atoms with van der Waals surface area (Å²) in [6.07, 6.45) is 1.35. The van der Waals surface area contributed by atoms with Crippen LogP contribution >= 0.6 is 0 Å². The molecule has 0 saturated carbocycles. The SMILES string of the molecule is Cc1ccoc1C(=O)NC(C)CC(O)c1ccccc1. The number of rotatable bonds is 5. The van der Waals surface area contributed by atoms with Crippen molar-refractivity contribution in [3.8, 4) is 0 Å². The van der Waals surface area contributed by atoms with Gasteiger partial charge in [-0.3, -0.25) is 4.79 Å². The lowest BCUT2D eigenvalue weighted by molar-refractivity contribution is 0.0888. The normalized spacial score (nSPS) is 13.8. The van der Waals surface area contributed by atoms with E-state index in [-0.39, 0.29) is 11.9 Å². The number of amides is 1. The Bertz CT molecular complexity index is 562. The van der Waals surface area contributed by atoms with Gasteiger partial charge >= 0.3 is 0 Å². The smallest absolute Gasteiger partial charge is 0.287 e. The van der Waals surface area contributed by atoms with E-state index in [4.69, 9.17) is 4.42 Å². The third kappa shape index (κ3) is 3.48. The van der Waals surface area contributed by atoms with Gasteiger partial charge < -0.3 is 14.8 Å². The van der Waals surface area contributed by atoms with Crippen LogP contribution in [0, 0.1) is 6.92 Å². The first-order valence-electron chi connectivity index (χ1n) is 6.66. The van der Waals surface area contributed by atoms with Crippen molar-refractivity contribution in [2.75, 3.05) is 0 Å². The van der Waals surface area contributed by atoms with Crippen LogP contribution in [0.5, 0.6) is 0 Å². The molecule has 1 heterocycles. The number of aliphatic hydroxyl groups excluding tert-OH is 1. The Labute approximate surface area is 118 Å². The quantitative estimate of drug-likeness (QED) is 0.880. The molecule has 1 aromatic carbocycles. The van der Waals surface area contributed by atoms with Crippen molar-refractivity contribution < 1.29 is 14.3 Å². The lowest BCUT2D eigenvalue weighted by atomic mass is 10.0. The van der Waals surface area contributed by atoms with Crippen LogP contribution in [0.15, 0.2) is 47.1 Å². The fourth-order valence-electron chi connectivity index (χ4n) is 2.10. The molecular weight excluding hydrogens is 254 g/mol. The summed E-state index contributed by atoms with van der Waals surface area (Å²) < 4.78 is 5.14. The zero-order valence-electron chi connectivity index (χ0n) is 11.7. The van der Waals surface area contributed by atoms with Crippen molar-refractivity contribution in [3.63, 3.8) is 0 Å². The first kappa shape index (κ1) is 14.3. The second-order valence-electron chi connectivity index (χ2n) is 4.97. The zero-order valence-corrected chi connectivity index (χ0v) is 11.7. The largest absolute Gasteiger partial charge is 0.459 e. The van der Waals surface area contributed by atoms with Crippen LogP contribution in [-0.4, -0.2) is 17.1 Å². The number of carbonyl (C=O) groups excluding carboxylic acids is 1. The van der Waals surface area contributed by atoms with Gasteiger partial charge in [0.1, 0.15) is 0 Å². The second kappa shape index (κ2) is 6.39. The highest BCUT2D eigenvalue weighted by Gasteiger charge is 2.18. The van der Waals surface area contributed by atoms with Gasteiger partial charge in [-0.15, -0.1) is 0 Å². The van der Waals surface area contributed by atoms with E-state index >= 15 is 0 Å². The average Bonchev–Trinajstić information content (AvgIpc) is 2.86. The molecule has 0 fully saturated rings. The number of nitrogens with one attached hydrogen (secondary N) is 1. The minimum Gasteiger partial charge on any atom is -0.459 e. The monoisotopic (exact) mass is 273 g/mol. The summed E-state index contributed by atoms with van der Waals surface area (Å²) in [6.45, 7) is 3.68. The summed E-state index contributed by atoms with van der Waals surface area (Å²) in [5.41, 5.74) is 1.65. The van der Waals surface area contributed by atoms with Gasteiger partial charge in [0, 0.05) is 11.6 Å². The summed E-state index contributed by atoms with van der Waals surface area (Å²) in [5.74, 6) is 0.0753. The van der Waals surface area contributed by atoms with Crippen molar-refractivity contribution in [2.45, 2.75) is 32.4 Å². The van der Waals surface area contributed by atoms with E-state index < -0.39 is 6.10 Å². The summed E-state index contributed by atoms with van der Waals surface area (Å²) in [4.78, 5) is 12.0. The van der Waals surface area contributed by atoms with Gasteiger partial charge in [-0.1, -0.05) is 30.3 Å².